The van der Waals surface area contributed by atoms with Crippen molar-refractivity contribution in [2.45, 2.75) is 70.7 Å². The zero-order chi connectivity index (χ0) is 28.8. The standard InChI is InChI=1S/C33H37NO5S/c1-21-9-11-23-7-5-6-8-30(23)40(38,39)34(19-21)20-27-16-24(12-10-22(27)2)29(17-31(35)36)25-13-14-28-26(15-25)18-33(3,4)32(28)37/h5-8,10,12-16,21,29H,9,11,17-20H2,1-4H3,(H,35,36)/t21-,29?/m0/s1. The van der Waals surface area contributed by atoms with Crippen LogP contribution >= 0.6 is 0 Å². The van der Waals surface area contributed by atoms with Crippen molar-refractivity contribution in [1.29, 1.82) is 0 Å². The van der Waals surface area contributed by atoms with Gasteiger partial charge in [0.25, 0.3) is 0 Å². The van der Waals surface area contributed by atoms with Crippen LogP contribution in [0.2, 0.25) is 0 Å². The molecule has 0 spiro atoms. The van der Waals surface area contributed by atoms with Crippen molar-refractivity contribution < 1.29 is 23.1 Å². The number of hydrogen-bond donors (Lipinski definition) is 1. The number of sulfonamides is 1. The van der Waals surface area contributed by atoms with Gasteiger partial charge in [-0.1, -0.05) is 75.4 Å². The molecule has 3 aromatic carbocycles. The molecule has 5 rings (SSSR count). The van der Waals surface area contributed by atoms with E-state index in [9.17, 15) is 23.1 Å². The molecule has 1 N–H and O–H groups in total. The van der Waals surface area contributed by atoms with Crippen LogP contribution in [0.3, 0.4) is 0 Å². The Morgan fingerprint density at radius 1 is 1.05 bits per heavy atom. The molecule has 1 unspecified atom stereocenters. The van der Waals surface area contributed by atoms with E-state index in [0.717, 1.165) is 46.2 Å². The normalized spacial score (nSPS) is 20.7. The Bertz CT molecular complexity index is 1590. The second-order valence-electron chi connectivity index (χ2n) is 12.2. The third-order valence-electron chi connectivity index (χ3n) is 8.54. The second kappa shape index (κ2) is 10.6. The van der Waals surface area contributed by atoms with Crippen LogP contribution in [0, 0.1) is 18.3 Å². The van der Waals surface area contributed by atoms with Crippen molar-refractivity contribution in [3.05, 3.63) is 99.6 Å². The zero-order valence-electron chi connectivity index (χ0n) is 23.6. The number of benzene rings is 3. The number of carbonyl (C=O) groups excluding carboxylic acids is 1. The third kappa shape index (κ3) is 5.37. The zero-order valence-corrected chi connectivity index (χ0v) is 24.4. The number of aryl methyl sites for hydroxylation is 2. The summed E-state index contributed by atoms with van der Waals surface area (Å²) < 4.78 is 29.2. The van der Waals surface area contributed by atoms with E-state index in [0.29, 0.717) is 23.4 Å². The smallest absolute Gasteiger partial charge is 0.304 e. The van der Waals surface area contributed by atoms with Gasteiger partial charge in [0.2, 0.25) is 10.0 Å². The van der Waals surface area contributed by atoms with Crippen LogP contribution in [-0.4, -0.2) is 36.1 Å². The predicted octanol–water partition coefficient (Wildman–Crippen LogP) is 6.14. The Hall–Kier alpha value is -3.29. The van der Waals surface area contributed by atoms with Crippen LogP contribution < -0.4 is 0 Å². The number of rotatable bonds is 6. The molecule has 3 aromatic rings. The van der Waals surface area contributed by atoms with E-state index in [2.05, 4.69) is 6.92 Å². The lowest BCUT2D eigenvalue weighted by Gasteiger charge is -2.30. The number of carbonyl (C=O) groups is 2. The van der Waals surface area contributed by atoms with Gasteiger partial charge in [0.05, 0.1) is 11.3 Å². The molecule has 0 radical (unpaired) electrons. The van der Waals surface area contributed by atoms with Crippen LogP contribution in [0.5, 0.6) is 0 Å². The number of aliphatic carboxylic acids is 1. The molecular formula is C33H37NO5S. The van der Waals surface area contributed by atoms with E-state index >= 15 is 0 Å². The van der Waals surface area contributed by atoms with Gasteiger partial charge in [-0.15, -0.1) is 0 Å². The van der Waals surface area contributed by atoms with Gasteiger partial charge in [-0.2, -0.15) is 4.31 Å². The molecular weight excluding hydrogens is 522 g/mol. The fourth-order valence-corrected chi connectivity index (χ4v) is 7.97. The summed E-state index contributed by atoms with van der Waals surface area (Å²) in [6, 6.07) is 18.8. The molecule has 2 atom stereocenters. The minimum Gasteiger partial charge on any atom is -0.481 e. The fraction of sp³-hybridized carbons (Fsp3) is 0.394. The van der Waals surface area contributed by atoms with Crippen molar-refractivity contribution in [1.82, 2.24) is 4.31 Å². The number of ketones is 1. The molecule has 0 bridgehead atoms. The number of carboxylic acid groups (broad SMARTS) is 1. The molecule has 0 fully saturated rings. The van der Waals surface area contributed by atoms with Crippen molar-refractivity contribution in [3.63, 3.8) is 0 Å². The van der Waals surface area contributed by atoms with E-state index < -0.39 is 27.3 Å². The van der Waals surface area contributed by atoms with Crippen molar-refractivity contribution in [2.24, 2.45) is 11.3 Å². The molecule has 40 heavy (non-hydrogen) atoms. The van der Waals surface area contributed by atoms with Gasteiger partial charge < -0.3 is 5.11 Å². The van der Waals surface area contributed by atoms with Gasteiger partial charge in [0, 0.05) is 30.0 Å². The molecule has 0 saturated carbocycles. The van der Waals surface area contributed by atoms with Gasteiger partial charge in [0.1, 0.15) is 0 Å². The van der Waals surface area contributed by atoms with E-state index in [1.807, 2.05) is 69.3 Å². The van der Waals surface area contributed by atoms with Gasteiger partial charge >= 0.3 is 5.97 Å². The summed E-state index contributed by atoms with van der Waals surface area (Å²) in [5.41, 5.74) is 5.54. The quantitative estimate of drug-likeness (QED) is 0.392. The Kier molecular flexibility index (Phi) is 7.48. The number of Topliss-reactive ketones (excluding diaryl/α,β-unsaturated/α-hetero) is 1. The highest BCUT2D eigenvalue weighted by Crippen LogP contribution is 2.39. The average Bonchev–Trinajstić information content (AvgIpc) is 3.13. The van der Waals surface area contributed by atoms with E-state index in [-0.39, 0.29) is 24.7 Å². The van der Waals surface area contributed by atoms with E-state index in [4.69, 9.17) is 0 Å². The van der Waals surface area contributed by atoms with Crippen LogP contribution in [-0.2, 0) is 34.2 Å². The lowest BCUT2D eigenvalue weighted by Crippen LogP contribution is -2.36. The molecule has 2 aliphatic rings. The van der Waals surface area contributed by atoms with Gasteiger partial charge in [0.15, 0.2) is 5.78 Å². The molecule has 0 saturated heterocycles. The molecule has 7 heteroatoms. The maximum absolute atomic E-state index is 13.8. The summed E-state index contributed by atoms with van der Waals surface area (Å²) >= 11 is 0. The lowest BCUT2D eigenvalue weighted by atomic mass is 9.85. The number of fused-ring (bicyclic) bond motifs is 2. The molecule has 1 aliphatic heterocycles. The van der Waals surface area contributed by atoms with Gasteiger partial charge in [-0.25, -0.2) is 8.42 Å². The highest BCUT2D eigenvalue weighted by atomic mass is 32.2. The maximum atomic E-state index is 13.8. The Morgan fingerprint density at radius 3 is 2.50 bits per heavy atom. The van der Waals surface area contributed by atoms with Gasteiger partial charge in [-0.05, 0) is 71.6 Å². The topological polar surface area (TPSA) is 91.8 Å². The van der Waals surface area contributed by atoms with Crippen LogP contribution in [0.15, 0.2) is 65.6 Å². The summed E-state index contributed by atoms with van der Waals surface area (Å²) in [6.07, 6.45) is 2.16. The molecule has 1 heterocycles. The van der Waals surface area contributed by atoms with E-state index in [1.165, 1.54) is 0 Å². The Balaban J connectivity index is 1.52. The SMILES string of the molecule is Cc1ccc(C(CC(=O)O)c2ccc3c(c2)CC(C)(C)C3=O)cc1CN1C[C@@H](C)CCc2ccccc2S1(=O)=O. The summed E-state index contributed by atoms with van der Waals surface area (Å²) in [6.45, 7) is 8.56. The van der Waals surface area contributed by atoms with Crippen LogP contribution in [0.4, 0.5) is 0 Å². The summed E-state index contributed by atoms with van der Waals surface area (Å²) in [5.74, 6) is -1.03. The number of hydrogen-bond acceptors (Lipinski definition) is 4. The van der Waals surface area contributed by atoms with Crippen LogP contribution in [0.25, 0.3) is 0 Å². The first kappa shape index (κ1) is 28.2. The molecule has 1 aliphatic carbocycles. The minimum absolute atomic E-state index is 0.106. The Morgan fingerprint density at radius 2 is 1.75 bits per heavy atom. The number of nitrogens with zero attached hydrogens (tertiary/aromatic N) is 1. The molecule has 6 nitrogen and oxygen atoms in total. The highest BCUT2D eigenvalue weighted by Gasteiger charge is 2.38. The molecule has 0 aromatic heterocycles. The third-order valence-corrected chi connectivity index (χ3v) is 10.4. The second-order valence-corrected chi connectivity index (χ2v) is 14.1. The summed E-state index contributed by atoms with van der Waals surface area (Å²) in [7, 11) is -3.71. The summed E-state index contributed by atoms with van der Waals surface area (Å²) in [4.78, 5) is 25.1. The van der Waals surface area contributed by atoms with Crippen LogP contribution in [0.1, 0.15) is 83.3 Å². The fourth-order valence-electron chi connectivity index (χ4n) is 6.18. The minimum atomic E-state index is -3.71. The first-order valence-corrected chi connectivity index (χ1v) is 15.4. The lowest BCUT2D eigenvalue weighted by molar-refractivity contribution is -0.137. The monoisotopic (exact) mass is 559 g/mol. The number of carboxylic acids is 1. The summed E-state index contributed by atoms with van der Waals surface area (Å²) in [5, 5.41) is 9.82. The van der Waals surface area contributed by atoms with Gasteiger partial charge in [-0.3, -0.25) is 9.59 Å². The van der Waals surface area contributed by atoms with Crippen molar-refractivity contribution in [2.75, 3.05) is 6.54 Å². The van der Waals surface area contributed by atoms with E-state index in [1.54, 1.807) is 16.4 Å². The van der Waals surface area contributed by atoms with Crippen molar-refractivity contribution in [3.8, 4) is 0 Å². The highest BCUT2D eigenvalue weighted by molar-refractivity contribution is 7.89. The predicted molar refractivity (Wildman–Crippen MR) is 155 cm³/mol. The maximum Gasteiger partial charge on any atom is 0.304 e. The molecule has 210 valence electrons. The molecule has 0 amide bonds. The van der Waals surface area contributed by atoms with Crippen molar-refractivity contribution >= 4 is 21.8 Å². The largest absolute Gasteiger partial charge is 0.481 e. The first-order chi connectivity index (χ1) is 18.9. The average molecular weight is 560 g/mol. The Labute approximate surface area is 237 Å². The first-order valence-electron chi connectivity index (χ1n) is 13.9.